The number of carbonyl (C=O) groups excluding carboxylic acids is 2. The molecule has 0 bridgehead atoms. The van der Waals surface area contributed by atoms with Crippen LogP contribution in [0.3, 0.4) is 0 Å². The zero-order valence-corrected chi connectivity index (χ0v) is 16.0. The molecule has 1 fully saturated rings. The number of amides is 2. The molecule has 1 aliphatic rings. The summed E-state index contributed by atoms with van der Waals surface area (Å²) in [6.45, 7) is 5.96. The minimum Gasteiger partial charge on any atom is -0.355 e. The Bertz CT molecular complexity index is 654. The maximum Gasteiger partial charge on any atom is 0.251 e. The molecule has 1 atom stereocenters. The normalized spacial score (nSPS) is 17.3. The lowest BCUT2D eigenvalue weighted by Crippen LogP contribution is -2.45. The average molecular weight is 359 g/mol. The molecular weight excluding hydrogens is 330 g/mol. The predicted molar refractivity (Wildman–Crippen MR) is 103 cm³/mol. The van der Waals surface area contributed by atoms with Gasteiger partial charge in [-0.15, -0.1) is 0 Å². The smallest absolute Gasteiger partial charge is 0.251 e. The van der Waals surface area contributed by atoms with Crippen molar-refractivity contribution in [3.05, 3.63) is 35.4 Å². The van der Waals surface area contributed by atoms with Gasteiger partial charge in [0.15, 0.2) is 5.96 Å². The van der Waals surface area contributed by atoms with E-state index in [1.54, 1.807) is 26.2 Å². The fourth-order valence-corrected chi connectivity index (χ4v) is 2.94. The van der Waals surface area contributed by atoms with E-state index in [-0.39, 0.29) is 23.8 Å². The molecule has 3 N–H and O–H groups in total. The van der Waals surface area contributed by atoms with Crippen LogP contribution < -0.4 is 16.0 Å². The highest BCUT2D eigenvalue weighted by Crippen LogP contribution is 2.12. The van der Waals surface area contributed by atoms with Crippen LogP contribution in [0.25, 0.3) is 0 Å². The van der Waals surface area contributed by atoms with E-state index in [2.05, 4.69) is 20.9 Å². The van der Waals surface area contributed by atoms with Gasteiger partial charge in [-0.2, -0.15) is 0 Å². The number of nitrogens with zero attached hydrogens (tertiary/aromatic N) is 2. The number of rotatable bonds is 5. The van der Waals surface area contributed by atoms with Crippen LogP contribution in [0.4, 0.5) is 0 Å². The molecule has 0 spiro atoms. The lowest BCUT2D eigenvalue weighted by Gasteiger charge is -2.20. The topological polar surface area (TPSA) is 85.8 Å². The van der Waals surface area contributed by atoms with Gasteiger partial charge < -0.3 is 20.9 Å². The second-order valence-corrected chi connectivity index (χ2v) is 6.77. The van der Waals surface area contributed by atoms with Crippen molar-refractivity contribution in [1.29, 1.82) is 0 Å². The van der Waals surface area contributed by atoms with Gasteiger partial charge in [0.1, 0.15) is 0 Å². The largest absolute Gasteiger partial charge is 0.355 e. The maximum atomic E-state index is 12.1. The van der Waals surface area contributed by atoms with Crippen molar-refractivity contribution in [2.45, 2.75) is 32.9 Å². The highest BCUT2D eigenvalue weighted by atomic mass is 16.2. The Kier molecular flexibility index (Phi) is 7.00. The van der Waals surface area contributed by atoms with Crippen LogP contribution in [0.5, 0.6) is 0 Å². The van der Waals surface area contributed by atoms with Crippen molar-refractivity contribution in [1.82, 2.24) is 20.9 Å². The SMILES string of the molecule is CN=C(NCc1ccc(C(=O)NC)cc1)NC1CCN(C(=O)C(C)C)C1. The van der Waals surface area contributed by atoms with E-state index in [0.29, 0.717) is 24.6 Å². The molecule has 1 unspecified atom stereocenters. The Morgan fingerprint density at radius 3 is 2.54 bits per heavy atom. The molecule has 1 saturated heterocycles. The van der Waals surface area contributed by atoms with E-state index in [4.69, 9.17) is 0 Å². The molecule has 0 saturated carbocycles. The summed E-state index contributed by atoms with van der Waals surface area (Å²) >= 11 is 0. The van der Waals surface area contributed by atoms with Gasteiger partial charge in [0.05, 0.1) is 0 Å². The van der Waals surface area contributed by atoms with Gasteiger partial charge in [-0.3, -0.25) is 14.6 Å². The average Bonchev–Trinajstić information content (AvgIpc) is 3.12. The van der Waals surface area contributed by atoms with Gasteiger partial charge in [0, 0.05) is 51.3 Å². The molecule has 7 nitrogen and oxygen atoms in total. The minimum absolute atomic E-state index is 0.0314. The van der Waals surface area contributed by atoms with Crippen molar-refractivity contribution in [2.75, 3.05) is 27.2 Å². The minimum atomic E-state index is -0.0938. The second-order valence-electron chi connectivity index (χ2n) is 6.77. The number of aliphatic imine (C=N–C) groups is 1. The number of hydrogen-bond acceptors (Lipinski definition) is 3. The summed E-state index contributed by atoms with van der Waals surface area (Å²) in [7, 11) is 3.35. The third-order valence-corrected chi connectivity index (χ3v) is 4.46. The predicted octanol–water partition coefficient (Wildman–Crippen LogP) is 0.968. The molecule has 1 aromatic carbocycles. The summed E-state index contributed by atoms with van der Waals surface area (Å²) in [4.78, 5) is 29.8. The van der Waals surface area contributed by atoms with Crippen LogP contribution in [0, 0.1) is 5.92 Å². The molecular formula is C19H29N5O2. The molecule has 0 aromatic heterocycles. The summed E-state index contributed by atoms with van der Waals surface area (Å²) in [5.74, 6) is 0.852. The fourth-order valence-electron chi connectivity index (χ4n) is 2.94. The van der Waals surface area contributed by atoms with Crippen LogP contribution in [0.15, 0.2) is 29.3 Å². The molecule has 0 aliphatic carbocycles. The quantitative estimate of drug-likeness (QED) is 0.540. The van der Waals surface area contributed by atoms with Crippen LogP contribution in [0.2, 0.25) is 0 Å². The Morgan fingerprint density at radius 1 is 1.27 bits per heavy atom. The third kappa shape index (κ3) is 5.21. The van der Waals surface area contributed by atoms with Gasteiger partial charge >= 0.3 is 0 Å². The Morgan fingerprint density at radius 2 is 1.96 bits per heavy atom. The molecule has 7 heteroatoms. The van der Waals surface area contributed by atoms with Gasteiger partial charge in [-0.1, -0.05) is 26.0 Å². The number of likely N-dealkylation sites (tertiary alicyclic amines) is 1. The summed E-state index contributed by atoms with van der Waals surface area (Å²) in [5.41, 5.74) is 1.70. The summed E-state index contributed by atoms with van der Waals surface area (Å²) in [6, 6.07) is 7.66. The highest BCUT2D eigenvalue weighted by molar-refractivity contribution is 5.93. The van der Waals surface area contributed by atoms with Crippen molar-refractivity contribution in [2.24, 2.45) is 10.9 Å². The van der Waals surface area contributed by atoms with Crippen molar-refractivity contribution < 1.29 is 9.59 Å². The van der Waals surface area contributed by atoms with Crippen molar-refractivity contribution in [3.8, 4) is 0 Å². The fraction of sp³-hybridized carbons (Fsp3) is 0.526. The van der Waals surface area contributed by atoms with E-state index in [0.717, 1.165) is 18.5 Å². The number of carbonyl (C=O) groups is 2. The summed E-state index contributed by atoms with van der Waals surface area (Å²) < 4.78 is 0. The Balaban J connectivity index is 1.83. The third-order valence-electron chi connectivity index (χ3n) is 4.46. The first-order valence-electron chi connectivity index (χ1n) is 9.01. The first-order valence-corrected chi connectivity index (χ1v) is 9.01. The molecule has 1 aliphatic heterocycles. The standard InChI is InChI=1S/C19H29N5O2/c1-13(2)18(26)24-10-9-16(12-24)23-19(21-4)22-11-14-5-7-15(8-6-14)17(25)20-3/h5-8,13,16H,9-12H2,1-4H3,(H,20,25)(H2,21,22,23). The van der Waals surface area contributed by atoms with Gasteiger partial charge in [-0.05, 0) is 24.1 Å². The molecule has 1 aromatic rings. The first-order chi connectivity index (χ1) is 12.4. The van der Waals surface area contributed by atoms with Crippen molar-refractivity contribution >= 4 is 17.8 Å². The van der Waals surface area contributed by atoms with E-state index in [9.17, 15) is 9.59 Å². The maximum absolute atomic E-state index is 12.1. The molecule has 26 heavy (non-hydrogen) atoms. The molecule has 142 valence electrons. The van der Waals surface area contributed by atoms with E-state index in [1.165, 1.54) is 0 Å². The first kappa shape index (κ1) is 19.8. The van der Waals surface area contributed by atoms with Crippen LogP contribution in [0.1, 0.15) is 36.2 Å². The number of hydrogen-bond donors (Lipinski definition) is 3. The van der Waals surface area contributed by atoms with Crippen LogP contribution in [-0.4, -0.2) is 55.9 Å². The number of benzene rings is 1. The summed E-state index contributed by atoms with van der Waals surface area (Å²) in [6.07, 6.45) is 0.917. The second kappa shape index (κ2) is 9.22. The highest BCUT2D eigenvalue weighted by Gasteiger charge is 2.27. The lowest BCUT2D eigenvalue weighted by atomic mass is 10.1. The van der Waals surface area contributed by atoms with Crippen molar-refractivity contribution in [3.63, 3.8) is 0 Å². The lowest BCUT2D eigenvalue weighted by molar-refractivity contribution is -0.133. The van der Waals surface area contributed by atoms with E-state index < -0.39 is 0 Å². The zero-order valence-electron chi connectivity index (χ0n) is 16.0. The molecule has 2 amide bonds. The molecule has 1 heterocycles. The van der Waals surface area contributed by atoms with Crippen LogP contribution >= 0.6 is 0 Å². The van der Waals surface area contributed by atoms with Crippen LogP contribution in [-0.2, 0) is 11.3 Å². The van der Waals surface area contributed by atoms with Gasteiger partial charge in [0.25, 0.3) is 5.91 Å². The molecule has 2 rings (SSSR count). The van der Waals surface area contributed by atoms with E-state index >= 15 is 0 Å². The molecule has 0 radical (unpaired) electrons. The Hall–Kier alpha value is -2.57. The zero-order chi connectivity index (χ0) is 19.1. The van der Waals surface area contributed by atoms with Gasteiger partial charge in [0.2, 0.25) is 5.91 Å². The Labute approximate surface area is 155 Å². The summed E-state index contributed by atoms with van der Waals surface area (Å²) in [5, 5.41) is 9.26. The number of nitrogens with one attached hydrogen (secondary N) is 3. The monoisotopic (exact) mass is 359 g/mol. The number of guanidine groups is 1. The van der Waals surface area contributed by atoms with Gasteiger partial charge in [-0.25, -0.2) is 0 Å². The van der Waals surface area contributed by atoms with E-state index in [1.807, 2.05) is 30.9 Å².